The van der Waals surface area contributed by atoms with Crippen molar-refractivity contribution in [3.8, 4) is 0 Å². The van der Waals surface area contributed by atoms with Gasteiger partial charge in [-0.15, -0.1) is 0 Å². The van der Waals surface area contributed by atoms with Crippen LogP contribution in [0.1, 0.15) is 26.3 Å². The Kier molecular flexibility index (Phi) is 6.53. The van der Waals surface area contributed by atoms with E-state index in [9.17, 15) is 18.8 Å². The van der Waals surface area contributed by atoms with E-state index in [4.69, 9.17) is 4.74 Å². The van der Waals surface area contributed by atoms with Crippen LogP contribution in [0.5, 0.6) is 0 Å². The third-order valence-corrected chi connectivity index (χ3v) is 4.10. The SMILES string of the molecule is COC(=O)c1cc(CNC(=O)c2cccc(F)c2)cc(NC(=O)Cn2cccn2)c1. The van der Waals surface area contributed by atoms with Crippen LogP contribution < -0.4 is 10.6 Å². The highest BCUT2D eigenvalue weighted by molar-refractivity contribution is 5.95. The summed E-state index contributed by atoms with van der Waals surface area (Å²) in [6, 6.07) is 11.6. The number of ether oxygens (including phenoxy) is 1. The first kappa shape index (κ1) is 20.7. The summed E-state index contributed by atoms with van der Waals surface area (Å²) in [6.45, 7) is 0.0588. The number of rotatable bonds is 7. The molecular formula is C21H19FN4O4. The molecule has 8 nitrogen and oxygen atoms in total. The van der Waals surface area contributed by atoms with E-state index in [0.717, 1.165) is 6.07 Å². The standard InChI is InChI=1S/C21H19FN4O4/c1-30-21(29)16-8-14(12-23-20(28)15-4-2-5-17(22)10-15)9-18(11-16)25-19(27)13-26-7-3-6-24-26/h2-11H,12-13H2,1H3,(H,23,28)(H,25,27). The molecule has 2 aromatic carbocycles. The zero-order valence-electron chi connectivity index (χ0n) is 16.1. The lowest BCUT2D eigenvalue weighted by Gasteiger charge is -2.11. The van der Waals surface area contributed by atoms with Crippen LogP contribution in [-0.4, -0.2) is 34.7 Å². The molecule has 0 spiro atoms. The molecule has 0 atom stereocenters. The highest BCUT2D eigenvalue weighted by Gasteiger charge is 2.13. The van der Waals surface area contributed by atoms with Crippen molar-refractivity contribution < 1.29 is 23.5 Å². The zero-order chi connectivity index (χ0) is 21.5. The largest absolute Gasteiger partial charge is 0.465 e. The quantitative estimate of drug-likeness (QED) is 0.583. The third kappa shape index (κ3) is 5.51. The summed E-state index contributed by atoms with van der Waals surface area (Å²) in [4.78, 5) is 36.4. The number of methoxy groups -OCH3 is 1. The predicted octanol–water partition coefficient (Wildman–Crippen LogP) is 2.38. The van der Waals surface area contributed by atoms with Gasteiger partial charge < -0.3 is 15.4 Å². The van der Waals surface area contributed by atoms with Crippen LogP contribution in [0.2, 0.25) is 0 Å². The number of carbonyl (C=O) groups is 3. The minimum atomic E-state index is -0.587. The van der Waals surface area contributed by atoms with E-state index in [-0.39, 0.29) is 30.1 Å². The molecule has 1 heterocycles. The summed E-state index contributed by atoms with van der Waals surface area (Å²) < 4.78 is 19.5. The molecule has 0 radical (unpaired) electrons. The van der Waals surface area contributed by atoms with Gasteiger partial charge in [0.05, 0.1) is 12.7 Å². The molecule has 0 bridgehead atoms. The number of nitrogens with zero attached hydrogens (tertiary/aromatic N) is 2. The van der Waals surface area contributed by atoms with E-state index in [2.05, 4.69) is 15.7 Å². The number of nitrogens with one attached hydrogen (secondary N) is 2. The molecule has 0 aliphatic carbocycles. The van der Waals surface area contributed by atoms with Crippen molar-refractivity contribution in [3.05, 3.63) is 83.4 Å². The maximum Gasteiger partial charge on any atom is 0.337 e. The van der Waals surface area contributed by atoms with Crippen molar-refractivity contribution in [1.29, 1.82) is 0 Å². The van der Waals surface area contributed by atoms with Gasteiger partial charge in [0.2, 0.25) is 5.91 Å². The second-order valence-corrected chi connectivity index (χ2v) is 6.36. The number of halogens is 1. The van der Waals surface area contributed by atoms with E-state index in [1.807, 2.05) is 0 Å². The van der Waals surface area contributed by atoms with Gasteiger partial charge in [0.15, 0.2) is 0 Å². The summed E-state index contributed by atoms with van der Waals surface area (Å²) >= 11 is 0. The Morgan fingerprint density at radius 2 is 1.93 bits per heavy atom. The second kappa shape index (κ2) is 9.46. The van der Waals surface area contributed by atoms with Crippen molar-refractivity contribution in [2.75, 3.05) is 12.4 Å². The number of carbonyl (C=O) groups excluding carboxylic acids is 3. The van der Waals surface area contributed by atoms with Gasteiger partial charge in [-0.05, 0) is 48.0 Å². The van der Waals surface area contributed by atoms with Gasteiger partial charge in [-0.3, -0.25) is 14.3 Å². The molecule has 2 N–H and O–H groups in total. The Morgan fingerprint density at radius 1 is 1.10 bits per heavy atom. The molecule has 3 rings (SSSR count). The number of anilines is 1. The first-order chi connectivity index (χ1) is 14.4. The average molecular weight is 410 g/mol. The normalized spacial score (nSPS) is 10.3. The smallest absolute Gasteiger partial charge is 0.337 e. The Bertz CT molecular complexity index is 1070. The van der Waals surface area contributed by atoms with Crippen LogP contribution in [-0.2, 0) is 22.6 Å². The van der Waals surface area contributed by atoms with Gasteiger partial charge in [0, 0.05) is 30.2 Å². The van der Waals surface area contributed by atoms with Crippen molar-refractivity contribution in [3.63, 3.8) is 0 Å². The molecule has 3 aromatic rings. The Labute approximate surface area is 171 Å². The fourth-order valence-electron chi connectivity index (χ4n) is 2.76. The minimum absolute atomic E-state index is 0.00108. The van der Waals surface area contributed by atoms with E-state index in [1.54, 1.807) is 30.6 Å². The molecule has 0 aliphatic rings. The zero-order valence-corrected chi connectivity index (χ0v) is 16.1. The van der Waals surface area contributed by atoms with Crippen LogP contribution in [0.25, 0.3) is 0 Å². The maximum atomic E-state index is 13.3. The van der Waals surface area contributed by atoms with E-state index >= 15 is 0 Å². The summed E-state index contributed by atoms with van der Waals surface area (Å²) in [7, 11) is 1.25. The number of hydrogen-bond acceptors (Lipinski definition) is 5. The van der Waals surface area contributed by atoms with E-state index in [1.165, 1.54) is 36.1 Å². The van der Waals surface area contributed by atoms with Crippen LogP contribution in [0.15, 0.2) is 60.9 Å². The summed E-state index contributed by atoms with van der Waals surface area (Å²) in [5, 5.41) is 9.32. The summed E-state index contributed by atoms with van der Waals surface area (Å²) in [5.74, 6) is -1.91. The lowest BCUT2D eigenvalue weighted by Crippen LogP contribution is -2.23. The van der Waals surface area contributed by atoms with E-state index < -0.39 is 17.7 Å². The summed E-state index contributed by atoms with van der Waals surface area (Å²) in [5.41, 5.74) is 1.30. The molecule has 9 heteroatoms. The Morgan fingerprint density at radius 3 is 2.63 bits per heavy atom. The van der Waals surface area contributed by atoms with Crippen molar-refractivity contribution in [2.45, 2.75) is 13.1 Å². The minimum Gasteiger partial charge on any atom is -0.465 e. The fourth-order valence-corrected chi connectivity index (χ4v) is 2.76. The predicted molar refractivity (Wildman–Crippen MR) is 106 cm³/mol. The molecule has 2 amide bonds. The Hall–Kier alpha value is -4.01. The number of hydrogen-bond donors (Lipinski definition) is 2. The van der Waals surface area contributed by atoms with Gasteiger partial charge in [-0.1, -0.05) is 6.07 Å². The fraction of sp³-hybridized carbons (Fsp3) is 0.143. The summed E-state index contributed by atoms with van der Waals surface area (Å²) in [6.07, 6.45) is 3.21. The molecule has 154 valence electrons. The average Bonchev–Trinajstić information content (AvgIpc) is 3.24. The lowest BCUT2D eigenvalue weighted by atomic mass is 10.1. The van der Waals surface area contributed by atoms with Gasteiger partial charge in [-0.2, -0.15) is 5.10 Å². The number of aromatic nitrogens is 2. The molecule has 0 fully saturated rings. The molecule has 0 unspecified atom stereocenters. The molecule has 0 aliphatic heterocycles. The number of amides is 2. The molecule has 1 aromatic heterocycles. The number of esters is 1. The topological polar surface area (TPSA) is 102 Å². The van der Waals surface area contributed by atoms with Gasteiger partial charge in [0.1, 0.15) is 12.4 Å². The van der Waals surface area contributed by atoms with Crippen LogP contribution >= 0.6 is 0 Å². The van der Waals surface area contributed by atoms with Gasteiger partial charge in [-0.25, -0.2) is 9.18 Å². The Balaban J connectivity index is 1.74. The highest BCUT2D eigenvalue weighted by atomic mass is 19.1. The molecule has 30 heavy (non-hydrogen) atoms. The first-order valence-corrected chi connectivity index (χ1v) is 8.98. The van der Waals surface area contributed by atoms with Gasteiger partial charge >= 0.3 is 5.97 Å². The van der Waals surface area contributed by atoms with Crippen molar-refractivity contribution >= 4 is 23.5 Å². The van der Waals surface area contributed by atoms with Crippen LogP contribution in [0.4, 0.5) is 10.1 Å². The lowest BCUT2D eigenvalue weighted by molar-refractivity contribution is -0.116. The van der Waals surface area contributed by atoms with Crippen LogP contribution in [0, 0.1) is 5.82 Å². The van der Waals surface area contributed by atoms with Gasteiger partial charge in [0.25, 0.3) is 5.91 Å². The molecule has 0 saturated carbocycles. The first-order valence-electron chi connectivity index (χ1n) is 8.98. The monoisotopic (exact) mass is 410 g/mol. The maximum absolute atomic E-state index is 13.3. The van der Waals surface area contributed by atoms with E-state index in [0.29, 0.717) is 11.3 Å². The number of benzene rings is 2. The highest BCUT2D eigenvalue weighted by Crippen LogP contribution is 2.17. The molecular weight excluding hydrogens is 391 g/mol. The molecule has 0 saturated heterocycles. The second-order valence-electron chi connectivity index (χ2n) is 6.36. The van der Waals surface area contributed by atoms with Crippen molar-refractivity contribution in [2.24, 2.45) is 0 Å². The van der Waals surface area contributed by atoms with Crippen LogP contribution in [0.3, 0.4) is 0 Å². The third-order valence-electron chi connectivity index (χ3n) is 4.10. The van der Waals surface area contributed by atoms with Crippen molar-refractivity contribution in [1.82, 2.24) is 15.1 Å².